The molecule has 0 aliphatic carbocycles. The minimum Gasteiger partial charge on any atom is -0.271 e. The second-order valence-corrected chi connectivity index (χ2v) is 6.97. The molecular weight excluding hydrogens is 427 g/mol. The Labute approximate surface area is 144 Å². The van der Waals surface area contributed by atoms with Crippen LogP contribution in [0.4, 0.5) is 0 Å². The van der Waals surface area contributed by atoms with Crippen LogP contribution in [0, 0.1) is 0 Å². The molecule has 0 heterocycles. The number of nitrogens with one attached hydrogen (secondary N) is 1. The van der Waals surface area contributed by atoms with E-state index in [0.29, 0.717) is 16.5 Å². The predicted octanol–water partition coefficient (Wildman–Crippen LogP) is 5.27. The first-order chi connectivity index (χ1) is 9.51. The summed E-state index contributed by atoms with van der Waals surface area (Å²) in [6.45, 7) is 0. The van der Waals surface area contributed by atoms with Crippen molar-refractivity contribution in [1.29, 1.82) is 0 Å². The molecule has 0 aliphatic rings. The zero-order chi connectivity index (χ0) is 14.7. The number of rotatable bonds is 4. The molecular formula is C14H12Br2Cl2N2. The lowest BCUT2D eigenvalue weighted by molar-refractivity contribution is 0.551. The highest BCUT2D eigenvalue weighted by Gasteiger charge is 2.15. The summed E-state index contributed by atoms with van der Waals surface area (Å²) in [7, 11) is 0. The summed E-state index contributed by atoms with van der Waals surface area (Å²) in [6.07, 6.45) is 0.609. The molecule has 0 radical (unpaired) electrons. The number of benzene rings is 2. The fraction of sp³-hybridized carbons (Fsp3) is 0.143. The van der Waals surface area contributed by atoms with Gasteiger partial charge < -0.3 is 0 Å². The van der Waals surface area contributed by atoms with E-state index in [-0.39, 0.29) is 6.04 Å². The molecule has 0 aliphatic heterocycles. The minimum absolute atomic E-state index is 0.0822. The van der Waals surface area contributed by atoms with Crippen molar-refractivity contribution in [3.8, 4) is 0 Å². The van der Waals surface area contributed by atoms with Gasteiger partial charge in [-0.2, -0.15) is 0 Å². The van der Waals surface area contributed by atoms with Gasteiger partial charge in [0.1, 0.15) is 0 Å². The summed E-state index contributed by atoms with van der Waals surface area (Å²) in [6, 6.07) is 11.4. The van der Waals surface area contributed by atoms with Gasteiger partial charge in [-0.15, -0.1) is 0 Å². The van der Waals surface area contributed by atoms with Gasteiger partial charge in [-0.05, 0) is 47.9 Å². The van der Waals surface area contributed by atoms with Crippen molar-refractivity contribution in [1.82, 2.24) is 5.43 Å². The van der Waals surface area contributed by atoms with Gasteiger partial charge in [0, 0.05) is 19.0 Å². The van der Waals surface area contributed by atoms with E-state index in [4.69, 9.17) is 29.0 Å². The Morgan fingerprint density at radius 3 is 2.10 bits per heavy atom. The summed E-state index contributed by atoms with van der Waals surface area (Å²) in [5.74, 6) is 5.69. The number of nitrogens with two attached hydrogens (primary N) is 1. The highest BCUT2D eigenvalue weighted by atomic mass is 79.9. The third kappa shape index (κ3) is 3.97. The van der Waals surface area contributed by atoms with E-state index in [1.807, 2.05) is 36.4 Å². The Balaban J connectivity index is 2.33. The molecule has 0 fully saturated rings. The van der Waals surface area contributed by atoms with Crippen LogP contribution in [0.1, 0.15) is 17.2 Å². The lowest BCUT2D eigenvalue weighted by Gasteiger charge is -2.18. The van der Waals surface area contributed by atoms with Crippen LogP contribution in [-0.2, 0) is 6.42 Å². The molecule has 20 heavy (non-hydrogen) atoms. The van der Waals surface area contributed by atoms with Crippen LogP contribution in [0.3, 0.4) is 0 Å². The van der Waals surface area contributed by atoms with Crippen molar-refractivity contribution >= 4 is 55.1 Å². The van der Waals surface area contributed by atoms with Crippen LogP contribution in [0.5, 0.6) is 0 Å². The fourth-order valence-corrected chi connectivity index (χ4v) is 3.86. The molecule has 0 amide bonds. The third-order valence-corrected chi connectivity index (χ3v) is 4.58. The number of hydrogen-bond acceptors (Lipinski definition) is 2. The molecule has 1 atom stereocenters. The monoisotopic (exact) mass is 436 g/mol. The largest absolute Gasteiger partial charge is 0.271 e. The molecule has 2 aromatic rings. The van der Waals surface area contributed by atoms with E-state index in [2.05, 4.69) is 37.3 Å². The quantitative estimate of drug-likeness (QED) is 0.504. The van der Waals surface area contributed by atoms with Gasteiger partial charge in [0.15, 0.2) is 0 Å². The lowest BCUT2D eigenvalue weighted by Crippen LogP contribution is -2.29. The second-order valence-electron chi connectivity index (χ2n) is 4.33. The smallest absolute Gasteiger partial charge is 0.0502 e. The van der Waals surface area contributed by atoms with Crippen molar-refractivity contribution < 1.29 is 0 Å². The molecule has 0 saturated carbocycles. The molecule has 106 valence electrons. The van der Waals surface area contributed by atoms with Gasteiger partial charge in [-0.1, -0.05) is 61.1 Å². The van der Waals surface area contributed by atoms with Crippen LogP contribution >= 0.6 is 55.1 Å². The average Bonchev–Trinajstić information content (AvgIpc) is 2.37. The first-order valence-corrected chi connectivity index (χ1v) is 8.20. The van der Waals surface area contributed by atoms with Gasteiger partial charge in [-0.3, -0.25) is 11.3 Å². The molecule has 2 aromatic carbocycles. The molecule has 0 bridgehead atoms. The zero-order valence-corrected chi connectivity index (χ0v) is 15.0. The maximum atomic E-state index is 6.21. The van der Waals surface area contributed by atoms with Crippen molar-refractivity contribution in [2.45, 2.75) is 12.5 Å². The van der Waals surface area contributed by atoms with E-state index >= 15 is 0 Å². The minimum atomic E-state index is -0.0822. The Morgan fingerprint density at radius 1 is 1.05 bits per heavy atom. The van der Waals surface area contributed by atoms with Gasteiger partial charge >= 0.3 is 0 Å². The van der Waals surface area contributed by atoms with E-state index in [1.54, 1.807) is 0 Å². The maximum Gasteiger partial charge on any atom is 0.0502 e. The molecule has 2 nitrogen and oxygen atoms in total. The Hall–Kier alpha value is -0.100. The van der Waals surface area contributed by atoms with Gasteiger partial charge in [-0.25, -0.2) is 0 Å². The lowest BCUT2D eigenvalue weighted by atomic mass is 9.99. The van der Waals surface area contributed by atoms with Gasteiger partial charge in [0.05, 0.1) is 6.04 Å². The summed E-state index contributed by atoms with van der Waals surface area (Å²) in [5.41, 5.74) is 4.75. The SMILES string of the molecule is NNC(Cc1c(Cl)cccc1Cl)c1cc(Br)cc(Br)c1. The topological polar surface area (TPSA) is 38.0 Å². The van der Waals surface area contributed by atoms with E-state index in [0.717, 1.165) is 20.1 Å². The molecule has 0 spiro atoms. The van der Waals surface area contributed by atoms with Crippen molar-refractivity contribution in [2.24, 2.45) is 5.84 Å². The maximum absolute atomic E-state index is 6.21. The molecule has 0 saturated heterocycles. The second kappa shape index (κ2) is 7.25. The van der Waals surface area contributed by atoms with Crippen LogP contribution in [-0.4, -0.2) is 0 Å². The van der Waals surface area contributed by atoms with Crippen LogP contribution in [0.2, 0.25) is 10.0 Å². The molecule has 2 rings (SSSR count). The van der Waals surface area contributed by atoms with E-state index in [1.165, 1.54) is 0 Å². The Morgan fingerprint density at radius 2 is 1.60 bits per heavy atom. The molecule has 0 aromatic heterocycles. The average molecular weight is 439 g/mol. The van der Waals surface area contributed by atoms with E-state index < -0.39 is 0 Å². The van der Waals surface area contributed by atoms with Crippen molar-refractivity contribution in [3.05, 3.63) is 66.5 Å². The predicted molar refractivity (Wildman–Crippen MR) is 92.1 cm³/mol. The normalized spacial score (nSPS) is 12.4. The number of halogens is 4. The molecule has 6 heteroatoms. The summed E-state index contributed by atoms with van der Waals surface area (Å²) < 4.78 is 1.96. The highest BCUT2D eigenvalue weighted by Crippen LogP contribution is 2.31. The standard InChI is InChI=1S/C14H12Br2Cl2N2/c15-9-4-8(5-10(16)6-9)14(20-19)7-11-12(17)2-1-3-13(11)18/h1-6,14,20H,7,19H2. The number of hydrogen-bond donors (Lipinski definition) is 2. The highest BCUT2D eigenvalue weighted by molar-refractivity contribution is 9.11. The molecule has 3 N–H and O–H groups in total. The third-order valence-electron chi connectivity index (χ3n) is 2.96. The van der Waals surface area contributed by atoms with Crippen molar-refractivity contribution in [3.63, 3.8) is 0 Å². The first-order valence-electron chi connectivity index (χ1n) is 5.86. The Kier molecular flexibility index (Phi) is 5.90. The molecule has 1 unspecified atom stereocenters. The van der Waals surface area contributed by atoms with Crippen LogP contribution in [0.25, 0.3) is 0 Å². The van der Waals surface area contributed by atoms with Crippen LogP contribution in [0.15, 0.2) is 45.3 Å². The summed E-state index contributed by atoms with van der Waals surface area (Å²) in [5, 5.41) is 1.29. The van der Waals surface area contributed by atoms with Crippen molar-refractivity contribution in [2.75, 3.05) is 0 Å². The summed E-state index contributed by atoms with van der Waals surface area (Å²) in [4.78, 5) is 0. The Bertz CT molecular complexity index is 580. The van der Waals surface area contributed by atoms with E-state index in [9.17, 15) is 0 Å². The first kappa shape index (κ1) is 16.3. The van der Waals surface area contributed by atoms with Gasteiger partial charge in [0.2, 0.25) is 0 Å². The summed E-state index contributed by atoms with van der Waals surface area (Å²) >= 11 is 19.4. The zero-order valence-electron chi connectivity index (χ0n) is 10.3. The van der Waals surface area contributed by atoms with Crippen LogP contribution < -0.4 is 11.3 Å². The fourth-order valence-electron chi connectivity index (χ4n) is 1.98. The van der Waals surface area contributed by atoms with Gasteiger partial charge in [0.25, 0.3) is 0 Å². The number of hydrazine groups is 1.